The zero-order valence-corrected chi connectivity index (χ0v) is 15.9. The number of nitrogens with one attached hydrogen (secondary N) is 1. The third-order valence-corrected chi connectivity index (χ3v) is 5.41. The van der Waals surface area contributed by atoms with E-state index in [2.05, 4.69) is 11.9 Å². The number of hydrogen-bond acceptors (Lipinski definition) is 2. The van der Waals surface area contributed by atoms with E-state index in [1.165, 1.54) is 23.1 Å². The number of hydrogen-bond donors (Lipinski definition) is 1. The molecule has 4 rings (SSSR count). The Labute approximate surface area is 166 Å². The number of aromatic amines is 1. The minimum absolute atomic E-state index is 0.135. The van der Waals surface area contributed by atoms with E-state index in [1.54, 1.807) is 6.92 Å². The van der Waals surface area contributed by atoms with E-state index in [4.69, 9.17) is 4.74 Å². The van der Waals surface area contributed by atoms with Crippen molar-refractivity contribution >= 4 is 10.9 Å². The Balaban J connectivity index is 1.92. The molecule has 0 saturated carbocycles. The molecule has 1 aliphatic rings. The molecule has 0 bridgehead atoms. The summed E-state index contributed by atoms with van der Waals surface area (Å²) >= 11 is 0. The quantitative estimate of drug-likeness (QED) is 0.587. The molecule has 1 aliphatic heterocycles. The minimum atomic E-state index is -4.41. The van der Waals surface area contributed by atoms with Gasteiger partial charge in [-0.05, 0) is 50.1 Å². The van der Waals surface area contributed by atoms with E-state index < -0.39 is 30.6 Å². The molecule has 0 aliphatic carbocycles. The summed E-state index contributed by atoms with van der Waals surface area (Å²) in [5, 5.41) is 0.955. The third kappa shape index (κ3) is 3.71. The molecule has 2 atom stereocenters. The first kappa shape index (κ1) is 19.8. The van der Waals surface area contributed by atoms with E-state index in [0.717, 1.165) is 16.5 Å². The lowest BCUT2D eigenvalue weighted by molar-refractivity contribution is -0.155. The fourth-order valence-corrected chi connectivity index (χ4v) is 4.23. The second-order valence-corrected chi connectivity index (χ2v) is 7.34. The molecule has 0 unspecified atom stereocenters. The number of H-pyrrole nitrogens is 1. The van der Waals surface area contributed by atoms with E-state index >= 15 is 0 Å². The van der Waals surface area contributed by atoms with Crippen LogP contribution in [0.5, 0.6) is 5.75 Å². The molecule has 3 aromatic rings. The number of fused-ring (bicyclic) bond motifs is 3. The summed E-state index contributed by atoms with van der Waals surface area (Å²) in [6.07, 6.45) is -3.96. The number of para-hydroxylation sites is 1. The van der Waals surface area contributed by atoms with Crippen LogP contribution in [0, 0.1) is 12.7 Å². The Morgan fingerprint density at radius 3 is 2.69 bits per heavy atom. The maximum atomic E-state index is 14.9. The summed E-state index contributed by atoms with van der Waals surface area (Å²) < 4.78 is 60.5. The van der Waals surface area contributed by atoms with Gasteiger partial charge in [-0.2, -0.15) is 13.2 Å². The van der Waals surface area contributed by atoms with Gasteiger partial charge in [-0.15, -0.1) is 0 Å². The van der Waals surface area contributed by atoms with Crippen molar-refractivity contribution in [2.45, 2.75) is 31.6 Å². The van der Waals surface area contributed by atoms with Crippen LogP contribution in [-0.4, -0.2) is 35.3 Å². The van der Waals surface area contributed by atoms with Crippen molar-refractivity contribution in [3.05, 3.63) is 72.0 Å². The summed E-state index contributed by atoms with van der Waals surface area (Å²) in [6, 6.07) is 10.4. The second kappa shape index (κ2) is 7.37. The zero-order valence-electron chi connectivity index (χ0n) is 15.9. The Kier molecular flexibility index (Phi) is 5.02. The van der Waals surface area contributed by atoms with Crippen molar-refractivity contribution in [3.63, 3.8) is 0 Å². The standard InChI is InChI=1S/C22H21F4N2O/c1-3-29-14-8-9-18(23)17(11-14)21-20-16(15-6-4-5-7-19(15)27-20)10-13(2)28(21)12-22(24,25)26/h4-9,11,13,21,27H,1,3,10,12H2,2H3/t13-,21-/m1/s1. The second-order valence-electron chi connectivity index (χ2n) is 7.34. The van der Waals surface area contributed by atoms with Crippen LogP contribution in [0.25, 0.3) is 10.9 Å². The molecule has 2 aromatic carbocycles. The highest BCUT2D eigenvalue weighted by atomic mass is 19.4. The highest BCUT2D eigenvalue weighted by Gasteiger charge is 2.42. The first-order valence-electron chi connectivity index (χ1n) is 9.42. The lowest BCUT2D eigenvalue weighted by Gasteiger charge is -2.41. The molecule has 0 fully saturated rings. The molecule has 3 nitrogen and oxygen atoms in total. The number of benzene rings is 2. The molecule has 0 saturated heterocycles. The van der Waals surface area contributed by atoms with Gasteiger partial charge in [0.25, 0.3) is 0 Å². The molecule has 1 aromatic heterocycles. The molecule has 0 spiro atoms. The Morgan fingerprint density at radius 1 is 1.21 bits per heavy atom. The molecular weight excluding hydrogens is 384 g/mol. The van der Waals surface area contributed by atoms with Gasteiger partial charge in [-0.3, -0.25) is 4.90 Å². The highest BCUT2D eigenvalue weighted by Crippen LogP contribution is 2.43. The van der Waals surface area contributed by atoms with Crippen molar-refractivity contribution in [1.82, 2.24) is 9.88 Å². The van der Waals surface area contributed by atoms with E-state index in [9.17, 15) is 17.6 Å². The average molecular weight is 405 g/mol. The van der Waals surface area contributed by atoms with Gasteiger partial charge >= 0.3 is 6.18 Å². The van der Waals surface area contributed by atoms with Crippen LogP contribution in [0.15, 0.2) is 42.5 Å². The van der Waals surface area contributed by atoms with Crippen LogP contribution in [0.2, 0.25) is 0 Å². The lowest BCUT2D eigenvalue weighted by atomic mass is 9.88. The SMILES string of the molecule is [CH2]COc1ccc(F)c([C@@H]2c3[nH]c4ccccc4c3C[C@@H](C)N2CC(F)(F)F)c1. The first-order chi connectivity index (χ1) is 13.8. The van der Waals surface area contributed by atoms with Crippen molar-refractivity contribution in [1.29, 1.82) is 0 Å². The monoisotopic (exact) mass is 405 g/mol. The highest BCUT2D eigenvalue weighted by molar-refractivity contribution is 5.85. The minimum Gasteiger partial charge on any atom is -0.494 e. The van der Waals surface area contributed by atoms with E-state index in [0.29, 0.717) is 17.9 Å². The Bertz CT molecular complexity index is 1030. The molecule has 1 radical (unpaired) electrons. The first-order valence-corrected chi connectivity index (χ1v) is 9.42. The Hall–Kier alpha value is -2.54. The van der Waals surface area contributed by atoms with Gasteiger partial charge < -0.3 is 9.72 Å². The maximum absolute atomic E-state index is 14.9. The van der Waals surface area contributed by atoms with Gasteiger partial charge in [0.1, 0.15) is 11.6 Å². The fraction of sp³-hybridized carbons (Fsp3) is 0.318. The van der Waals surface area contributed by atoms with E-state index in [1.807, 2.05) is 24.3 Å². The van der Waals surface area contributed by atoms with Crippen LogP contribution >= 0.6 is 0 Å². The topological polar surface area (TPSA) is 28.3 Å². The van der Waals surface area contributed by atoms with Crippen LogP contribution < -0.4 is 4.74 Å². The summed E-state index contributed by atoms with van der Waals surface area (Å²) in [7, 11) is 0. The molecule has 1 N–H and O–H groups in total. The average Bonchev–Trinajstić information content (AvgIpc) is 3.01. The largest absolute Gasteiger partial charge is 0.494 e. The van der Waals surface area contributed by atoms with Gasteiger partial charge in [0, 0.05) is 28.2 Å². The van der Waals surface area contributed by atoms with Gasteiger partial charge in [0.05, 0.1) is 19.2 Å². The van der Waals surface area contributed by atoms with Crippen LogP contribution in [0.3, 0.4) is 0 Å². The van der Waals surface area contributed by atoms with Crippen molar-refractivity contribution < 1.29 is 22.3 Å². The summed E-state index contributed by atoms with van der Waals surface area (Å²) in [6.45, 7) is 4.36. The van der Waals surface area contributed by atoms with Crippen LogP contribution in [0.1, 0.15) is 29.8 Å². The lowest BCUT2D eigenvalue weighted by Crippen LogP contribution is -2.47. The predicted molar refractivity (Wildman–Crippen MR) is 103 cm³/mol. The molecule has 153 valence electrons. The van der Waals surface area contributed by atoms with Crippen molar-refractivity contribution in [3.8, 4) is 5.75 Å². The number of halogens is 4. The van der Waals surface area contributed by atoms with Gasteiger partial charge in [0.2, 0.25) is 0 Å². The van der Waals surface area contributed by atoms with E-state index in [-0.39, 0.29) is 12.2 Å². The van der Waals surface area contributed by atoms with Crippen molar-refractivity contribution in [2.24, 2.45) is 0 Å². The van der Waals surface area contributed by atoms with Crippen molar-refractivity contribution in [2.75, 3.05) is 13.2 Å². The molecule has 7 heteroatoms. The molecule has 29 heavy (non-hydrogen) atoms. The number of alkyl halides is 3. The number of nitrogens with zero attached hydrogens (tertiary/aromatic N) is 1. The number of aromatic nitrogens is 1. The molecule has 0 amide bonds. The fourth-order valence-electron chi connectivity index (χ4n) is 4.23. The zero-order chi connectivity index (χ0) is 20.8. The normalized spacial score (nSPS) is 20.1. The number of ether oxygens (including phenoxy) is 1. The predicted octanol–water partition coefficient (Wildman–Crippen LogP) is 5.42. The smallest absolute Gasteiger partial charge is 0.401 e. The van der Waals surface area contributed by atoms with Crippen LogP contribution in [0.4, 0.5) is 17.6 Å². The van der Waals surface area contributed by atoms with Gasteiger partial charge in [0.15, 0.2) is 0 Å². The van der Waals surface area contributed by atoms with Gasteiger partial charge in [-0.25, -0.2) is 4.39 Å². The number of rotatable bonds is 4. The summed E-state index contributed by atoms with van der Waals surface area (Å²) in [4.78, 5) is 4.56. The third-order valence-electron chi connectivity index (χ3n) is 5.41. The summed E-state index contributed by atoms with van der Waals surface area (Å²) in [5.74, 6) is -0.198. The van der Waals surface area contributed by atoms with Gasteiger partial charge in [-0.1, -0.05) is 18.2 Å². The molecule has 2 heterocycles. The maximum Gasteiger partial charge on any atom is 0.401 e. The molecular formula is C22H21F4N2O. The van der Waals surface area contributed by atoms with Crippen LogP contribution in [-0.2, 0) is 6.42 Å². The Morgan fingerprint density at radius 2 is 1.97 bits per heavy atom. The summed E-state index contributed by atoms with van der Waals surface area (Å²) in [5.41, 5.74) is 2.51.